The summed E-state index contributed by atoms with van der Waals surface area (Å²) < 4.78 is 5.36. The number of para-hydroxylation sites is 1. The molecule has 1 aromatic rings. The quantitative estimate of drug-likeness (QED) is 0.832. The first-order valence-electron chi connectivity index (χ1n) is 7.53. The number of likely N-dealkylation sites (N-methyl/N-ethyl adjacent to an activating group) is 1. The van der Waals surface area contributed by atoms with Crippen LogP contribution in [0.25, 0.3) is 0 Å². The first-order chi connectivity index (χ1) is 10.2. The SMILES string of the molecule is CN(CC(=O)Nc1ccccc1CN)CC1CCOCC1. The maximum absolute atomic E-state index is 12.1. The standard InChI is InChI=1S/C16H25N3O2/c1-19(11-13-6-8-21-9-7-13)12-16(20)18-15-5-3-2-4-14(15)10-17/h2-5,13H,6-12,17H2,1H3,(H,18,20). The number of rotatable bonds is 6. The molecule has 1 heterocycles. The molecule has 0 bridgehead atoms. The number of carbonyl (C=O) groups excluding carboxylic acids is 1. The molecule has 0 unspecified atom stereocenters. The first-order valence-corrected chi connectivity index (χ1v) is 7.53. The Morgan fingerprint density at radius 1 is 1.38 bits per heavy atom. The molecule has 0 radical (unpaired) electrons. The second-order valence-corrected chi connectivity index (χ2v) is 5.66. The fourth-order valence-electron chi connectivity index (χ4n) is 2.69. The smallest absolute Gasteiger partial charge is 0.238 e. The number of nitrogens with zero attached hydrogens (tertiary/aromatic N) is 1. The van der Waals surface area contributed by atoms with Crippen LogP contribution in [0.5, 0.6) is 0 Å². The highest BCUT2D eigenvalue weighted by Crippen LogP contribution is 2.16. The van der Waals surface area contributed by atoms with Crippen molar-refractivity contribution in [1.29, 1.82) is 0 Å². The highest BCUT2D eigenvalue weighted by Gasteiger charge is 2.17. The number of hydrogen-bond acceptors (Lipinski definition) is 4. The Labute approximate surface area is 126 Å². The van der Waals surface area contributed by atoms with E-state index >= 15 is 0 Å². The summed E-state index contributed by atoms with van der Waals surface area (Å²) in [4.78, 5) is 14.2. The number of carbonyl (C=O) groups is 1. The Morgan fingerprint density at radius 3 is 2.81 bits per heavy atom. The maximum Gasteiger partial charge on any atom is 0.238 e. The number of ether oxygens (including phenoxy) is 1. The molecule has 0 spiro atoms. The molecule has 0 saturated carbocycles. The molecule has 5 nitrogen and oxygen atoms in total. The Hall–Kier alpha value is -1.43. The number of benzene rings is 1. The Morgan fingerprint density at radius 2 is 2.10 bits per heavy atom. The lowest BCUT2D eigenvalue weighted by molar-refractivity contribution is -0.117. The second kappa shape index (κ2) is 8.12. The largest absolute Gasteiger partial charge is 0.381 e. The number of nitrogens with two attached hydrogens (primary N) is 1. The van der Waals surface area contributed by atoms with Crippen molar-refractivity contribution in [2.24, 2.45) is 11.7 Å². The molecule has 1 aliphatic rings. The monoisotopic (exact) mass is 291 g/mol. The van der Waals surface area contributed by atoms with E-state index in [1.807, 2.05) is 31.3 Å². The van der Waals surface area contributed by atoms with Crippen molar-refractivity contribution in [3.63, 3.8) is 0 Å². The van der Waals surface area contributed by atoms with Crippen LogP contribution in [0.1, 0.15) is 18.4 Å². The van der Waals surface area contributed by atoms with Crippen LogP contribution in [0.15, 0.2) is 24.3 Å². The van der Waals surface area contributed by atoms with Crippen LogP contribution in [0, 0.1) is 5.92 Å². The van der Waals surface area contributed by atoms with E-state index < -0.39 is 0 Å². The van der Waals surface area contributed by atoms with Gasteiger partial charge in [-0.15, -0.1) is 0 Å². The number of nitrogens with one attached hydrogen (secondary N) is 1. The number of anilines is 1. The first kappa shape index (κ1) is 15.9. The predicted molar refractivity (Wildman–Crippen MR) is 84.0 cm³/mol. The van der Waals surface area contributed by atoms with Crippen LogP contribution >= 0.6 is 0 Å². The minimum absolute atomic E-state index is 0.00506. The maximum atomic E-state index is 12.1. The van der Waals surface area contributed by atoms with Crippen molar-refractivity contribution in [3.8, 4) is 0 Å². The van der Waals surface area contributed by atoms with Crippen molar-refractivity contribution in [1.82, 2.24) is 4.90 Å². The van der Waals surface area contributed by atoms with Crippen LogP contribution in [0.3, 0.4) is 0 Å². The van der Waals surface area contributed by atoms with E-state index in [0.29, 0.717) is 19.0 Å². The average Bonchev–Trinajstić information content (AvgIpc) is 2.48. The van der Waals surface area contributed by atoms with Crippen molar-refractivity contribution in [2.45, 2.75) is 19.4 Å². The van der Waals surface area contributed by atoms with Gasteiger partial charge in [-0.2, -0.15) is 0 Å². The lowest BCUT2D eigenvalue weighted by Crippen LogP contribution is -2.35. The lowest BCUT2D eigenvalue weighted by Gasteiger charge is -2.26. The third-order valence-electron chi connectivity index (χ3n) is 3.84. The molecular formula is C16H25N3O2. The number of hydrogen-bond donors (Lipinski definition) is 2. The molecule has 0 aromatic heterocycles. The van der Waals surface area contributed by atoms with Gasteiger partial charge in [-0.05, 0) is 37.4 Å². The molecule has 1 aliphatic heterocycles. The average molecular weight is 291 g/mol. The van der Waals surface area contributed by atoms with Gasteiger partial charge in [0.1, 0.15) is 0 Å². The van der Waals surface area contributed by atoms with Gasteiger partial charge >= 0.3 is 0 Å². The topological polar surface area (TPSA) is 67.6 Å². The van der Waals surface area contributed by atoms with Gasteiger partial charge in [0.2, 0.25) is 5.91 Å². The minimum Gasteiger partial charge on any atom is -0.381 e. The van der Waals surface area contributed by atoms with Gasteiger partial charge in [-0.25, -0.2) is 0 Å². The molecule has 1 amide bonds. The highest BCUT2D eigenvalue weighted by atomic mass is 16.5. The van der Waals surface area contributed by atoms with E-state index in [-0.39, 0.29) is 5.91 Å². The van der Waals surface area contributed by atoms with Crippen molar-refractivity contribution >= 4 is 11.6 Å². The Bertz CT molecular complexity index is 459. The molecule has 1 aromatic carbocycles. The molecule has 2 rings (SSSR count). The summed E-state index contributed by atoms with van der Waals surface area (Å²) in [6.45, 7) is 3.45. The van der Waals surface area contributed by atoms with Crippen molar-refractivity contribution in [2.75, 3.05) is 38.7 Å². The van der Waals surface area contributed by atoms with Gasteiger partial charge in [0.05, 0.1) is 6.54 Å². The fourth-order valence-corrected chi connectivity index (χ4v) is 2.69. The van der Waals surface area contributed by atoms with Gasteiger partial charge < -0.3 is 15.8 Å². The Kier molecular flexibility index (Phi) is 6.17. The zero-order valence-corrected chi connectivity index (χ0v) is 12.7. The van der Waals surface area contributed by atoms with E-state index in [4.69, 9.17) is 10.5 Å². The van der Waals surface area contributed by atoms with Gasteiger partial charge in [-0.1, -0.05) is 18.2 Å². The molecule has 21 heavy (non-hydrogen) atoms. The van der Waals surface area contributed by atoms with Crippen LogP contribution in [-0.4, -0.2) is 44.2 Å². The summed E-state index contributed by atoms with van der Waals surface area (Å²) in [6, 6.07) is 7.65. The summed E-state index contributed by atoms with van der Waals surface area (Å²) >= 11 is 0. The van der Waals surface area contributed by atoms with E-state index in [1.54, 1.807) is 0 Å². The summed E-state index contributed by atoms with van der Waals surface area (Å²) in [6.07, 6.45) is 2.17. The summed E-state index contributed by atoms with van der Waals surface area (Å²) in [5, 5.41) is 2.94. The van der Waals surface area contributed by atoms with E-state index in [9.17, 15) is 4.79 Å². The molecule has 1 saturated heterocycles. The van der Waals surface area contributed by atoms with Gasteiger partial charge in [0.15, 0.2) is 0 Å². The lowest BCUT2D eigenvalue weighted by atomic mass is 10.00. The van der Waals surface area contributed by atoms with E-state index in [0.717, 1.165) is 43.9 Å². The van der Waals surface area contributed by atoms with E-state index in [1.165, 1.54) is 0 Å². The molecular weight excluding hydrogens is 266 g/mol. The minimum atomic E-state index is 0.00506. The summed E-state index contributed by atoms with van der Waals surface area (Å²) in [7, 11) is 1.99. The molecule has 1 fully saturated rings. The van der Waals surface area contributed by atoms with Gasteiger partial charge in [0, 0.05) is 32.0 Å². The fraction of sp³-hybridized carbons (Fsp3) is 0.562. The molecule has 0 atom stereocenters. The number of amides is 1. The van der Waals surface area contributed by atoms with Crippen molar-refractivity contribution in [3.05, 3.63) is 29.8 Å². The third-order valence-corrected chi connectivity index (χ3v) is 3.84. The third kappa shape index (κ3) is 5.12. The van der Waals surface area contributed by atoms with Gasteiger partial charge in [-0.3, -0.25) is 9.69 Å². The normalized spacial score (nSPS) is 16.1. The van der Waals surface area contributed by atoms with E-state index in [2.05, 4.69) is 10.2 Å². The van der Waals surface area contributed by atoms with Crippen LogP contribution < -0.4 is 11.1 Å². The van der Waals surface area contributed by atoms with Crippen LogP contribution in [0.4, 0.5) is 5.69 Å². The zero-order valence-electron chi connectivity index (χ0n) is 12.7. The molecule has 5 heteroatoms. The van der Waals surface area contributed by atoms with Gasteiger partial charge in [0.25, 0.3) is 0 Å². The zero-order chi connectivity index (χ0) is 15.1. The molecule has 3 N–H and O–H groups in total. The molecule has 0 aliphatic carbocycles. The predicted octanol–water partition coefficient (Wildman–Crippen LogP) is 1.44. The second-order valence-electron chi connectivity index (χ2n) is 5.66. The van der Waals surface area contributed by atoms with Crippen molar-refractivity contribution < 1.29 is 9.53 Å². The Balaban J connectivity index is 1.80. The van der Waals surface area contributed by atoms with Crippen LogP contribution in [0.2, 0.25) is 0 Å². The molecule has 116 valence electrons. The summed E-state index contributed by atoms with van der Waals surface area (Å²) in [5.41, 5.74) is 7.44. The van der Waals surface area contributed by atoms with Crippen LogP contribution in [-0.2, 0) is 16.1 Å². The summed E-state index contributed by atoms with van der Waals surface area (Å²) in [5.74, 6) is 0.637. The highest BCUT2D eigenvalue weighted by molar-refractivity contribution is 5.92.